The molecule has 0 bridgehead atoms. The molecule has 2 heterocycles. The lowest BCUT2D eigenvalue weighted by molar-refractivity contribution is 0.261. The van der Waals surface area contributed by atoms with E-state index in [0.29, 0.717) is 17.3 Å². The van der Waals surface area contributed by atoms with Crippen molar-refractivity contribution in [1.82, 2.24) is 9.78 Å². The molecule has 2 aromatic heterocycles. The van der Waals surface area contributed by atoms with Crippen LogP contribution in [0.5, 0.6) is 0 Å². The Labute approximate surface area is 131 Å². The van der Waals surface area contributed by atoms with Gasteiger partial charge in [0.05, 0.1) is 12.0 Å². The highest BCUT2D eigenvalue weighted by Gasteiger charge is 2.05. The lowest BCUT2D eigenvalue weighted by atomic mass is 10.1. The average molecular weight is 310 g/mol. The van der Waals surface area contributed by atoms with E-state index in [-0.39, 0.29) is 5.56 Å². The molecule has 2 N–H and O–H groups in total. The molecule has 116 valence electrons. The monoisotopic (exact) mass is 310 g/mol. The lowest BCUT2D eigenvalue weighted by Crippen LogP contribution is -2.19. The van der Waals surface area contributed by atoms with E-state index >= 15 is 0 Å². The fourth-order valence-electron chi connectivity index (χ4n) is 2.00. The zero-order valence-corrected chi connectivity index (χ0v) is 12.3. The van der Waals surface area contributed by atoms with E-state index in [9.17, 15) is 9.59 Å². The Bertz CT molecular complexity index is 867. The van der Waals surface area contributed by atoms with E-state index in [1.165, 1.54) is 17.0 Å². The predicted octanol–water partition coefficient (Wildman–Crippen LogP) is 2.68. The first-order valence-corrected chi connectivity index (χ1v) is 6.88. The topological polar surface area (TPSA) is 89.2 Å². The van der Waals surface area contributed by atoms with Crippen LogP contribution >= 0.6 is 0 Å². The minimum Gasteiger partial charge on any atom is -0.449 e. The Morgan fingerprint density at radius 2 is 1.87 bits per heavy atom. The smallest absolute Gasteiger partial charge is 0.326 e. The summed E-state index contributed by atoms with van der Waals surface area (Å²) in [6, 6.07) is 13.2. The summed E-state index contributed by atoms with van der Waals surface area (Å²) in [4.78, 5) is 23.1. The van der Waals surface area contributed by atoms with Gasteiger partial charge in [0.25, 0.3) is 5.56 Å². The van der Waals surface area contributed by atoms with Crippen LogP contribution in [0.4, 0.5) is 16.4 Å². The standard InChI is InChI=1S/C16H14N4O3/c1-20-15(21)9-8-13(19-20)11-4-6-12(7-5-11)17-16(22)18-14-3-2-10-23-14/h2-10H,1H3,(H2,17,18,22). The van der Waals surface area contributed by atoms with Gasteiger partial charge in [-0.2, -0.15) is 5.10 Å². The van der Waals surface area contributed by atoms with Gasteiger partial charge in [0.15, 0.2) is 0 Å². The molecule has 3 aromatic rings. The summed E-state index contributed by atoms with van der Waals surface area (Å²) in [5.74, 6) is 0.369. The Balaban J connectivity index is 1.70. The van der Waals surface area contributed by atoms with Gasteiger partial charge in [-0.15, -0.1) is 0 Å². The number of carbonyl (C=O) groups is 1. The summed E-state index contributed by atoms with van der Waals surface area (Å²) < 4.78 is 6.31. The van der Waals surface area contributed by atoms with Crippen molar-refractivity contribution in [2.24, 2.45) is 7.05 Å². The van der Waals surface area contributed by atoms with E-state index in [1.807, 2.05) is 12.1 Å². The van der Waals surface area contributed by atoms with Crippen molar-refractivity contribution in [3.8, 4) is 11.3 Å². The summed E-state index contributed by atoms with van der Waals surface area (Å²) in [5, 5.41) is 9.43. The van der Waals surface area contributed by atoms with Gasteiger partial charge in [0.1, 0.15) is 0 Å². The third-order valence-electron chi connectivity index (χ3n) is 3.16. The molecular formula is C16H14N4O3. The van der Waals surface area contributed by atoms with Crippen LogP contribution in [0.1, 0.15) is 0 Å². The number of anilines is 2. The number of hydrogen-bond donors (Lipinski definition) is 2. The number of amides is 2. The molecule has 1 aromatic carbocycles. The highest BCUT2D eigenvalue weighted by atomic mass is 16.3. The van der Waals surface area contributed by atoms with Crippen LogP contribution in [0.2, 0.25) is 0 Å². The molecule has 0 aliphatic heterocycles. The fourth-order valence-corrected chi connectivity index (χ4v) is 2.00. The van der Waals surface area contributed by atoms with Crippen LogP contribution in [0.3, 0.4) is 0 Å². The predicted molar refractivity (Wildman–Crippen MR) is 86.3 cm³/mol. The molecule has 0 saturated heterocycles. The Kier molecular flexibility index (Phi) is 3.92. The van der Waals surface area contributed by atoms with Crippen LogP contribution in [0.25, 0.3) is 11.3 Å². The lowest BCUT2D eigenvalue weighted by Gasteiger charge is -2.07. The number of nitrogens with zero attached hydrogens (tertiary/aromatic N) is 2. The average Bonchev–Trinajstić information content (AvgIpc) is 3.03. The Morgan fingerprint density at radius 1 is 1.09 bits per heavy atom. The molecule has 7 nitrogen and oxygen atoms in total. The summed E-state index contributed by atoms with van der Waals surface area (Å²) in [7, 11) is 1.60. The number of aromatic nitrogens is 2. The molecule has 0 radical (unpaired) electrons. The molecule has 7 heteroatoms. The van der Waals surface area contributed by atoms with E-state index in [1.54, 1.807) is 37.4 Å². The fraction of sp³-hybridized carbons (Fsp3) is 0.0625. The van der Waals surface area contributed by atoms with Crippen molar-refractivity contribution in [2.45, 2.75) is 0 Å². The minimum absolute atomic E-state index is 0.165. The highest BCUT2D eigenvalue weighted by Crippen LogP contribution is 2.18. The number of nitrogens with one attached hydrogen (secondary N) is 2. The second kappa shape index (κ2) is 6.18. The summed E-state index contributed by atoms with van der Waals surface area (Å²) in [6.07, 6.45) is 1.48. The number of furan rings is 1. The molecule has 23 heavy (non-hydrogen) atoms. The van der Waals surface area contributed by atoms with Crippen LogP contribution in [-0.2, 0) is 7.05 Å². The number of urea groups is 1. The van der Waals surface area contributed by atoms with Crippen molar-refractivity contribution < 1.29 is 9.21 Å². The van der Waals surface area contributed by atoms with Gasteiger partial charge < -0.3 is 9.73 Å². The Morgan fingerprint density at radius 3 is 2.52 bits per heavy atom. The van der Waals surface area contributed by atoms with Gasteiger partial charge in [-0.25, -0.2) is 9.48 Å². The molecular weight excluding hydrogens is 296 g/mol. The van der Waals surface area contributed by atoms with Crippen molar-refractivity contribution in [3.63, 3.8) is 0 Å². The zero-order valence-electron chi connectivity index (χ0n) is 12.3. The molecule has 0 unspecified atom stereocenters. The second-order valence-corrected chi connectivity index (χ2v) is 4.81. The summed E-state index contributed by atoms with van der Waals surface area (Å²) in [5.41, 5.74) is 1.99. The summed E-state index contributed by atoms with van der Waals surface area (Å²) in [6.45, 7) is 0. The number of benzene rings is 1. The summed E-state index contributed by atoms with van der Waals surface area (Å²) >= 11 is 0. The first kappa shape index (κ1) is 14.6. The second-order valence-electron chi connectivity index (χ2n) is 4.81. The van der Waals surface area contributed by atoms with Crippen molar-refractivity contribution in [1.29, 1.82) is 0 Å². The first-order chi connectivity index (χ1) is 11.1. The quantitative estimate of drug-likeness (QED) is 0.778. The van der Waals surface area contributed by atoms with Crippen LogP contribution in [-0.4, -0.2) is 15.8 Å². The van der Waals surface area contributed by atoms with E-state index in [2.05, 4.69) is 15.7 Å². The first-order valence-electron chi connectivity index (χ1n) is 6.88. The largest absolute Gasteiger partial charge is 0.449 e. The Hall–Kier alpha value is -3.35. The molecule has 0 fully saturated rings. The minimum atomic E-state index is -0.395. The van der Waals surface area contributed by atoms with Gasteiger partial charge in [-0.3, -0.25) is 10.1 Å². The molecule has 0 aliphatic rings. The third kappa shape index (κ3) is 3.46. The number of aryl methyl sites for hydroxylation is 1. The molecule has 3 rings (SSSR count). The van der Waals surface area contributed by atoms with Crippen molar-refractivity contribution in [2.75, 3.05) is 10.6 Å². The van der Waals surface area contributed by atoms with E-state index < -0.39 is 6.03 Å². The normalized spacial score (nSPS) is 10.3. The highest BCUT2D eigenvalue weighted by molar-refractivity contribution is 5.98. The van der Waals surface area contributed by atoms with Gasteiger partial charge >= 0.3 is 6.03 Å². The molecule has 0 atom stereocenters. The van der Waals surface area contributed by atoms with Gasteiger partial charge in [-0.05, 0) is 24.3 Å². The van der Waals surface area contributed by atoms with Crippen molar-refractivity contribution >= 4 is 17.6 Å². The van der Waals surface area contributed by atoms with Crippen LogP contribution in [0.15, 0.2) is 64.0 Å². The van der Waals surface area contributed by atoms with Gasteiger partial charge in [0.2, 0.25) is 5.88 Å². The zero-order chi connectivity index (χ0) is 16.2. The van der Waals surface area contributed by atoms with Gasteiger partial charge in [0, 0.05) is 30.4 Å². The van der Waals surface area contributed by atoms with Gasteiger partial charge in [-0.1, -0.05) is 12.1 Å². The van der Waals surface area contributed by atoms with Crippen LogP contribution < -0.4 is 16.2 Å². The molecule has 0 spiro atoms. The maximum absolute atomic E-state index is 11.8. The maximum Gasteiger partial charge on any atom is 0.326 e. The van der Waals surface area contributed by atoms with E-state index in [4.69, 9.17) is 4.42 Å². The SMILES string of the molecule is Cn1nc(-c2ccc(NC(=O)Nc3ccco3)cc2)ccc1=O. The van der Waals surface area contributed by atoms with Crippen LogP contribution in [0, 0.1) is 0 Å². The third-order valence-corrected chi connectivity index (χ3v) is 3.16. The number of carbonyl (C=O) groups excluding carboxylic acids is 1. The number of hydrogen-bond acceptors (Lipinski definition) is 4. The molecule has 0 saturated carbocycles. The maximum atomic E-state index is 11.8. The van der Waals surface area contributed by atoms with E-state index in [0.717, 1.165) is 5.56 Å². The molecule has 2 amide bonds. The van der Waals surface area contributed by atoms with Crippen molar-refractivity contribution in [3.05, 3.63) is 65.1 Å². The molecule has 0 aliphatic carbocycles. The number of rotatable bonds is 3.